The number of nitrogens with zero attached hydrogens (tertiary/aromatic N) is 3. The molecular weight excluding hydrogens is 610 g/mol. The van der Waals surface area contributed by atoms with Gasteiger partial charge >= 0.3 is 5.97 Å². The number of hydrogen-bond donors (Lipinski definition) is 3. The summed E-state index contributed by atoms with van der Waals surface area (Å²) in [4.78, 5) is 50.7. The van der Waals surface area contributed by atoms with Crippen LogP contribution in [0.2, 0.25) is 0 Å². The van der Waals surface area contributed by atoms with E-state index in [4.69, 9.17) is 10.5 Å². The first kappa shape index (κ1) is 33.9. The molecule has 0 aliphatic carbocycles. The molecule has 0 spiro atoms. The number of nitrogens with one attached hydrogen (secondary N) is 1. The van der Waals surface area contributed by atoms with Crippen LogP contribution in [0.5, 0.6) is 5.75 Å². The smallest absolute Gasteiger partial charge is 0.326 e. The Morgan fingerprint density at radius 2 is 1.83 bits per heavy atom. The van der Waals surface area contributed by atoms with Gasteiger partial charge in [0, 0.05) is 42.4 Å². The highest BCUT2D eigenvalue weighted by atomic mass is 16.5. The van der Waals surface area contributed by atoms with Gasteiger partial charge in [0.15, 0.2) is 0 Å². The molecule has 3 amide bonds. The Labute approximate surface area is 279 Å². The summed E-state index contributed by atoms with van der Waals surface area (Å²) >= 11 is 0. The molecule has 3 aromatic carbocycles. The quantitative estimate of drug-likeness (QED) is 0.165. The van der Waals surface area contributed by atoms with Gasteiger partial charge in [0.05, 0.1) is 19.3 Å². The van der Waals surface area contributed by atoms with E-state index in [0.29, 0.717) is 38.1 Å². The molecule has 0 unspecified atom stereocenters. The second-order valence-corrected chi connectivity index (χ2v) is 12.1. The van der Waals surface area contributed by atoms with Crippen LogP contribution < -0.4 is 20.7 Å². The number of aryl methyl sites for hydroxylation is 1. The number of carboxylic acid groups (broad SMARTS) is 1. The minimum absolute atomic E-state index is 0.0832. The molecule has 11 nitrogen and oxygen atoms in total. The molecule has 48 heavy (non-hydrogen) atoms. The highest BCUT2D eigenvalue weighted by Gasteiger charge is 2.25. The number of rotatable bonds is 14. The molecular formula is C37H41N5O6. The molecule has 1 aliphatic heterocycles. The fourth-order valence-corrected chi connectivity index (χ4v) is 5.95. The van der Waals surface area contributed by atoms with Crippen molar-refractivity contribution < 1.29 is 29.0 Å². The van der Waals surface area contributed by atoms with E-state index in [1.807, 2.05) is 54.4 Å². The third kappa shape index (κ3) is 8.28. The Morgan fingerprint density at radius 3 is 2.62 bits per heavy atom. The van der Waals surface area contributed by atoms with Crippen LogP contribution >= 0.6 is 0 Å². The van der Waals surface area contributed by atoms with Gasteiger partial charge in [0.25, 0.3) is 5.91 Å². The molecule has 1 atom stereocenters. The molecule has 11 heteroatoms. The van der Waals surface area contributed by atoms with E-state index in [9.17, 15) is 24.3 Å². The molecule has 0 bridgehead atoms. The Bertz CT molecular complexity index is 1820. The third-order valence-corrected chi connectivity index (χ3v) is 8.66. The van der Waals surface area contributed by atoms with Crippen molar-refractivity contribution >= 4 is 29.4 Å². The topological polar surface area (TPSA) is 157 Å². The average Bonchev–Trinajstić information content (AvgIpc) is 3.54. The zero-order valence-electron chi connectivity index (χ0n) is 27.3. The van der Waals surface area contributed by atoms with E-state index >= 15 is 0 Å². The van der Waals surface area contributed by atoms with Gasteiger partial charge in [-0.2, -0.15) is 5.10 Å². The highest BCUT2D eigenvalue weighted by molar-refractivity contribution is 5.97. The monoisotopic (exact) mass is 651 g/mol. The maximum absolute atomic E-state index is 13.4. The second kappa shape index (κ2) is 15.4. The number of fused-ring (bicyclic) bond motifs is 1. The zero-order chi connectivity index (χ0) is 34.2. The number of aromatic nitrogens is 2. The predicted octanol–water partition coefficient (Wildman–Crippen LogP) is 4.80. The van der Waals surface area contributed by atoms with Gasteiger partial charge in [0.2, 0.25) is 11.8 Å². The van der Waals surface area contributed by atoms with E-state index in [0.717, 1.165) is 52.1 Å². The van der Waals surface area contributed by atoms with Crippen molar-refractivity contribution in [2.24, 2.45) is 5.73 Å². The van der Waals surface area contributed by atoms with Crippen molar-refractivity contribution in [3.05, 3.63) is 101 Å². The Balaban J connectivity index is 1.23. The fourth-order valence-electron chi connectivity index (χ4n) is 5.95. The number of nitrogens with two attached hydrogens (primary N) is 1. The van der Waals surface area contributed by atoms with Gasteiger partial charge < -0.3 is 25.8 Å². The lowest BCUT2D eigenvalue weighted by molar-refractivity contribution is -0.139. The Kier molecular flexibility index (Phi) is 10.9. The lowest BCUT2D eigenvalue weighted by atomic mass is 9.93. The van der Waals surface area contributed by atoms with Gasteiger partial charge in [-0.1, -0.05) is 36.4 Å². The Hall–Kier alpha value is -5.45. The molecule has 250 valence electrons. The number of aliphatic carboxylic acids is 1. The molecule has 4 N–H and O–H groups in total. The van der Waals surface area contributed by atoms with Crippen LogP contribution in [0.1, 0.15) is 64.7 Å². The van der Waals surface area contributed by atoms with Gasteiger partial charge in [-0.15, -0.1) is 0 Å². The number of ether oxygens (including phenoxy) is 1. The summed E-state index contributed by atoms with van der Waals surface area (Å²) < 4.78 is 7.75. The summed E-state index contributed by atoms with van der Waals surface area (Å²) in [6, 6.07) is 17.7. The minimum Gasteiger partial charge on any atom is -0.493 e. The van der Waals surface area contributed by atoms with E-state index < -0.39 is 23.8 Å². The highest BCUT2D eigenvalue weighted by Crippen LogP contribution is 2.36. The fraction of sp³-hybridized carbons (Fsp3) is 0.324. The van der Waals surface area contributed by atoms with Crippen molar-refractivity contribution in [2.75, 3.05) is 18.1 Å². The molecule has 2 heterocycles. The molecule has 0 fully saturated rings. The second-order valence-electron chi connectivity index (χ2n) is 12.1. The van der Waals surface area contributed by atoms with Gasteiger partial charge in [-0.3, -0.25) is 19.1 Å². The molecule has 0 saturated heterocycles. The Morgan fingerprint density at radius 1 is 1.04 bits per heavy atom. The van der Waals surface area contributed by atoms with Gasteiger partial charge in [0.1, 0.15) is 11.8 Å². The summed E-state index contributed by atoms with van der Waals surface area (Å²) in [5.41, 5.74) is 12.5. The van der Waals surface area contributed by atoms with E-state index in [1.54, 1.807) is 29.1 Å². The maximum Gasteiger partial charge on any atom is 0.326 e. The van der Waals surface area contributed by atoms with E-state index in [1.165, 1.54) is 5.56 Å². The first-order valence-corrected chi connectivity index (χ1v) is 16.2. The molecule has 0 saturated carbocycles. The van der Waals surface area contributed by atoms with Crippen molar-refractivity contribution in [2.45, 2.75) is 65.0 Å². The molecule has 0 radical (unpaired) electrons. The minimum atomic E-state index is -1.24. The van der Waals surface area contributed by atoms with Gasteiger partial charge in [-0.25, -0.2) is 4.79 Å². The lowest BCUT2D eigenvalue weighted by Crippen LogP contribution is -2.41. The van der Waals surface area contributed by atoms with Crippen LogP contribution in [0.3, 0.4) is 0 Å². The summed E-state index contributed by atoms with van der Waals surface area (Å²) in [5, 5.41) is 16.5. The molecule has 4 aromatic rings. The molecule has 1 aromatic heterocycles. The van der Waals surface area contributed by atoms with Crippen LogP contribution in [0.15, 0.2) is 73.1 Å². The molecule has 1 aliphatic rings. The van der Waals surface area contributed by atoms with Crippen LogP contribution in [-0.4, -0.2) is 57.8 Å². The summed E-state index contributed by atoms with van der Waals surface area (Å²) in [6.07, 6.45) is 6.24. The number of amides is 3. The maximum atomic E-state index is 13.4. The number of hydrogen-bond acceptors (Lipinski definition) is 6. The van der Waals surface area contributed by atoms with Gasteiger partial charge in [-0.05, 0) is 91.6 Å². The number of primary amides is 1. The first-order chi connectivity index (χ1) is 23.1. The largest absolute Gasteiger partial charge is 0.493 e. The number of carbonyl (C=O) groups is 4. The lowest BCUT2D eigenvalue weighted by Gasteiger charge is -2.31. The van der Waals surface area contributed by atoms with Crippen LogP contribution in [0.25, 0.3) is 11.1 Å². The standard InChI is InChI=1S/C37H41N5O6/c1-24-8-3-14-33(25(24)2)48-19-7-15-35(44)42-18-6-12-30-29(11-5-13-32(30)42)28-21-39-41(23-28)22-26-9-4-10-27(20-26)36(45)40-31(37(46)47)16-17-34(38)43/h3-5,8-11,13-14,20-21,23,31H,6-7,12,15-19,22H2,1-2H3,(H2,38,43)(H,40,45)(H,46,47)/t31-/m0/s1. The number of benzene rings is 3. The third-order valence-electron chi connectivity index (χ3n) is 8.66. The van der Waals surface area contributed by atoms with Crippen molar-refractivity contribution in [1.29, 1.82) is 0 Å². The van der Waals surface area contributed by atoms with Crippen LogP contribution in [0, 0.1) is 13.8 Å². The summed E-state index contributed by atoms with van der Waals surface area (Å²) in [5.74, 6) is -1.49. The first-order valence-electron chi connectivity index (χ1n) is 16.2. The average molecular weight is 652 g/mol. The van der Waals surface area contributed by atoms with Crippen LogP contribution in [0.4, 0.5) is 5.69 Å². The number of anilines is 1. The van der Waals surface area contributed by atoms with Crippen molar-refractivity contribution in [3.63, 3.8) is 0 Å². The summed E-state index contributed by atoms with van der Waals surface area (Å²) in [7, 11) is 0. The zero-order valence-corrected chi connectivity index (χ0v) is 27.3. The van der Waals surface area contributed by atoms with Crippen molar-refractivity contribution in [1.82, 2.24) is 15.1 Å². The number of carboxylic acids is 1. The van der Waals surface area contributed by atoms with E-state index in [-0.39, 0.29) is 18.7 Å². The predicted molar refractivity (Wildman–Crippen MR) is 182 cm³/mol. The van der Waals surface area contributed by atoms with Crippen molar-refractivity contribution in [3.8, 4) is 16.9 Å². The normalized spacial score (nSPS) is 13.0. The van der Waals surface area contributed by atoms with Crippen LogP contribution in [-0.2, 0) is 27.3 Å². The SMILES string of the molecule is Cc1cccc(OCCCC(=O)N2CCCc3c(-c4cnn(Cc5cccc(C(=O)N[C@@H](CCC(N)=O)C(=O)O)c5)c4)cccc32)c1C. The summed E-state index contributed by atoms with van der Waals surface area (Å²) in [6.45, 7) is 5.63. The van der Waals surface area contributed by atoms with E-state index in [2.05, 4.69) is 23.4 Å². The number of carbonyl (C=O) groups excluding carboxylic acids is 3. The molecule has 5 rings (SSSR count).